The van der Waals surface area contributed by atoms with Crippen LogP contribution in [-0.2, 0) is 26.2 Å². The van der Waals surface area contributed by atoms with E-state index in [0.29, 0.717) is 18.0 Å². The predicted molar refractivity (Wildman–Crippen MR) is 158 cm³/mol. The lowest BCUT2D eigenvalue weighted by Crippen LogP contribution is -2.51. The number of nitrogens with one attached hydrogen (secondary N) is 1. The van der Waals surface area contributed by atoms with Gasteiger partial charge >= 0.3 is 0 Å². The maximum atomic E-state index is 14.0. The van der Waals surface area contributed by atoms with E-state index in [-0.39, 0.29) is 17.3 Å². The van der Waals surface area contributed by atoms with Crippen LogP contribution in [0, 0.1) is 13.8 Å². The maximum absolute atomic E-state index is 14.0. The SMILES string of the molecule is CCCCNC(=O)[C@@H](C)N(Cc1cccc(C)c1)C(=O)CN(c1ccc(OC)cc1)S(=O)(=O)c1ccc(C)cc1. The summed E-state index contributed by atoms with van der Waals surface area (Å²) in [5.41, 5.74) is 3.09. The lowest BCUT2D eigenvalue weighted by Gasteiger charge is -2.32. The molecule has 9 heteroatoms. The lowest BCUT2D eigenvalue weighted by atomic mass is 10.1. The summed E-state index contributed by atoms with van der Waals surface area (Å²) >= 11 is 0. The third-order valence-corrected chi connectivity index (χ3v) is 8.47. The Kier molecular flexibility index (Phi) is 10.7. The summed E-state index contributed by atoms with van der Waals surface area (Å²) < 4.78 is 34.1. The highest BCUT2D eigenvalue weighted by molar-refractivity contribution is 7.92. The number of anilines is 1. The summed E-state index contributed by atoms with van der Waals surface area (Å²) in [6.45, 7) is 7.71. The van der Waals surface area contributed by atoms with Crippen molar-refractivity contribution in [1.29, 1.82) is 0 Å². The number of ether oxygens (including phenoxy) is 1. The van der Waals surface area contributed by atoms with Gasteiger partial charge in [0.1, 0.15) is 18.3 Å². The number of unbranched alkanes of at least 4 members (excludes halogenated alkanes) is 1. The molecular formula is C31H39N3O5S. The summed E-state index contributed by atoms with van der Waals surface area (Å²) in [7, 11) is -2.59. The number of carbonyl (C=O) groups is 2. The number of sulfonamides is 1. The number of hydrogen-bond acceptors (Lipinski definition) is 5. The molecule has 3 rings (SSSR count). The Morgan fingerprint density at radius 3 is 2.23 bits per heavy atom. The number of benzene rings is 3. The second-order valence-corrected chi connectivity index (χ2v) is 11.7. The molecule has 0 saturated heterocycles. The molecule has 1 N–H and O–H groups in total. The summed E-state index contributed by atoms with van der Waals surface area (Å²) in [6.07, 6.45) is 1.75. The van der Waals surface area contributed by atoms with Gasteiger partial charge in [-0.25, -0.2) is 8.42 Å². The molecule has 0 aromatic heterocycles. The molecule has 3 aromatic carbocycles. The third-order valence-electron chi connectivity index (χ3n) is 6.68. The Hall–Kier alpha value is -3.85. The predicted octanol–water partition coefficient (Wildman–Crippen LogP) is 4.84. The van der Waals surface area contributed by atoms with Crippen LogP contribution in [0.15, 0.2) is 77.7 Å². The van der Waals surface area contributed by atoms with Crippen molar-refractivity contribution in [2.24, 2.45) is 0 Å². The molecule has 2 amide bonds. The summed E-state index contributed by atoms with van der Waals surface area (Å²) in [5.74, 6) is -0.223. The van der Waals surface area contributed by atoms with Crippen molar-refractivity contribution in [2.45, 2.75) is 58.0 Å². The smallest absolute Gasteiger partial charge is 0.264 e. The molecule has 0 heterocycles. The van der Waals surface area contributed by atoms with Crippen LogP contribution >= 0.6 is 0 Å². The maximum Gasteiger partial charge on any atom is 0.264 e. The summed E-state index contributed by atoms with van der Waals surface area (Å²) in [5, 5.41) is 2.90. The number of amides is 2. The van der Waals surface area contributed by atoms with Gasteiger partial charge in [0.05, 0.1) is 17.7 Å². The first-order chi connectivity index (χ1) is 19.1. The molecule has 0 spiro atoms. The van der Waals surface area contributed by atoms with Crippen molar-refractivity contribution in [3.05, 3.63) is 89.5 Å². The number of aryl methyl sites for hydroxylation is 2. The fourth-order valence-corrected chi connectivity index (χ4v) is 5.65. The van der Waals surface area contributed by atoms with Gasteiger partial charge in [0.15, 0.2) is 0 Å². The molecule has 214 valence electrons. The van der Waals surface area contributed by atoms with Crippen LogP contribution in [0.1, 0.15) is 43.4 Å². The molecule has 1 atom stereocenters. The van der Waals surface area contributed by atoms with E-state index in [1.54, 1.807) is 43.3 Å². The molecule has 0 aliphatic heterocycles. The number of carbonyl (C=O) groups excluding carboxylic acids is 2. The first kappa shape index (κ1) is 30.7. The number of nitrogens with zero attached hydrogens (tertiary/aromatic N) is 2. The Bertz CT molecular complexity index is 1390. The zero-order chi connectivity index (χ0) is 29.3. The van der Waals surface area contributed by atoms with Crippen LogP contribution in [-0.4, -0.2) is 51.4 Å². The van der Waals surface area contributed by atoms with Crippen molar-refractivity contribution in [3.8, 4) is 5.75 Å². The van der Waals surface area contributed by atoms with E-state index in [2.05, 4.69) is 5.32 Å². The van der Waals surface area contributed by atoms with Crippen molar-refractivity contribution in [2.75, 3.05) is 24.5 Å². The molecule has 0 saturated carbocycles. The number of rotatable bonds is 13. The second kappa shape index (κ2) is 14.0. The average Bonchev–Trinajstić information content (AvgIpc) is 2.94. The molecule has 0 bridgehead atoms. The van der Waals surface area contributed by atoms with Crippen LogP contribution in [0.25, 0.3) is 0 Å². The first-order valence-corrected chi connectivity index (χ1v) is 14.9. The van der Waals surface area contributed by atoms with Crippen molar-refractivity contribution in [1.82, 2.24) is 10.2 Å². The van der Waals surface area contributed by atoms with Gasteiger partial charge in [-0.1, -0.05) is 60.9 Å². The van der Waals surface area contributed by atoms with Crippen LogP contribution < -0.4 is 14.4 Å². The van der Waals surface area contributed by atoms with Crippen LogP contribution in [0.4, 0.5) is 5.69 Å². The van der Waals surface area contributed by atoms with E-state index in [9.17, 15) is 18.0 Å². The molecule has 0 aliphatic rings. The van der Waals surface area contributed by atoms with Crippen molar-refractivity contribution >= 4 is 27.5 Å². The molecule has 8 nitrogen and oxygen atoms in total. The van der Waals surface area contributed by atoms with E-state index in [1.165, 1.54) is 24.1 Å². The number of hydrogen-bond donors (Lipinski definition) is 1. The lowest BCUT2D eigenvalue weighted by molar-refractivity contribution is -0.139. The topological polar surface area (TPSA) is 96.0 Å². The van der Waals surface area contributed by atoms with Gasteiger partial charge in [0.25, 0.3) is 10.0 Å². The largest absolute Gasteiger partial charge is 0.497 e. The van der Waals surface area contributed by atoms with E-state index in [1.807, 2.05) is 45.0 Å². The van der Waals surface area contributed by atoms with E-state index in [4.69, 9.17) is 4.74 Å². The Labute approximate surface area is 238 Å². The van der Waals surface area contributed by atoms with Gasteiger partial charge in [-0.3, -0.25) is 13.9 Å². The Morgan fingerprint density at radius 2 is 1.62 bits per heavy atom. The fourth-order valence-electron chi connectivity index (χ4n) is 4.24. The van der Waals surface area contributed by atoms with Crippen LogP contribution in [0.2, 0.25) is 0 Å². The van der Waals surface area contributed by atoms with E-state index >= 15 is 0 Å². The van der Waals surface area contributed by atoms with Gasteiger partial charge in [0.2, 0.25) is 11.8 Å². The van der Waals surface area contributed by atoms with Crippen LogP contribution in [0.5, 0.6) is 5.75 Å². The summed E-state index contributed by atoms with van der Waals surface area (Å²) in [4.78, 5) is 28.5. The quantitative estimate of drug-likeness (QED) is 0.299. The molecule has 0 radical (unpaired) electrons. The highest BCUT2D eigenvalue weighted by atomic mass is 32.2. The van der Waals surface area contributed by atoms with E-state index in [0.717, 1.165) is 33.8 Å². The van der Waals surface area contributed by atoms with E-state index < -0.39 is 28.5 Å². The molecule has 0 aliphatic carbocycles. The standard InChI is InChI=1S/C31H39N3O5S/c1-6-7-19-32-31(36)25(4)33(21-26-10-8-9-24(3)20-26)30(35)22-34(27-13-15-28(39-5)16-14-27)40(37,38)29-17-11-23(2)12-18-29/h8-18,20,25H,6-7,19,21-22H2,1-5H3,(H,32,36)/t25-/m1/s1. The molecule has 0 unspecified atom stereocenters. The first-order valence-electron chi connectivity index (χ1n) is 13.4. The van der Waals surface area contributed by atoms with Gasteiger partial charge in [-0.15, -0.1) is 0 Å². The van der Waals surface area contributed by atoms with Gasteiger partial charge in [0, 0.05) is 13.1 Å². The third kappa shape index (κ3) is 7.85. The molecule has 40 heavy (non-hydrogen) atoms. The minimum absolute atomic E-state index is 0.0670. The van der Waals surface area contributed by atoms with Crippen LogP contribution in [0.3, 0.4) is 0 Å². The zero-order valence-electron chi connectivity index (χ0n) is 23.9. The van der Waals surface area contributed by atoms with Crippen molar-refractivity contribution < 1.29 is 22.7 Å². The summed E-state index contributed by atoms with van der Waals surface area (Å²) in [6, 6.07) is 19.9. The molecule has 0 fully saturated rings. The average molecular weight is 566 g/mol. The monoisotopic (exact) mass is 565 g/mol. The Balaban J connectivity index is 2.00. The molecule has 3 aromatic rings. The minimum Gasteiger partial charge on any atom is -0.497 e. The molecular weight excluding hydrogens is 526 g/mol. The fraction of sp³-hybridized carbons (Fsp3) is 0.355. The zero-order valence-corrected chi connectivity index (χ0v) is 24.7. The minimum atomic E-state index is -4.12. The Morgan fingerprint density at radius 1 is 0.950 bits per heavy atom. The van der Waals surface area contributed by atoms with Gasteiger partial charge in [-0.2, -0.15) is 0 Å². The van der Waals surface area contributed by atoms with Crippen molar-refractivity contribution in [3.63, 3.8) is 0 Å². The normalized spacial score (nSPS) is 11.9. The highest BCUT2D eigenvalue weighted by Crippen LogP contribution is 2.27. The highest BCUT2D eigenvalue weighted by Gasteiger charge is 2.32. The second-order valence-electron chi connectivity index (χ2n) is 9.85. The van der Waals surface area contributed by atoms with Gasteiger partial charge in [-0.05, 0) is 69.2 Å². The van der Waals surface area contributed by atoms with Gasteiger partial charge < -0.3 is 15.0 Å². The number of methoxy groups -OCH3 is 1.